The molecule has 5 heteroatoms. The van der Waals surface area contributed by atoms with Crippen molar-refractivity contribution in [1.82, 2.24) is 15.5 Å². The minimum atomic E-state index is 0.384. The van der Waals surface area contributed by atoms with E-state index in [1.807, 2.05) is 12.1 Å². The van der Waals surface area contributed by atoms with Gasteiger partial charge in [-0.1, -0.05) is 19.0 Å². The lowest BCUT2D eigenvalue weighted by molar-refractivity contribution is 0.353. The zero-order valence-electron chi connectivity index (χ0n) is 10.8. The summed E-state index contributed by atoms with van der Waals surface area (Å²) in [5.41, 5.74) is 0. The summed E-state index contributed by atoms with van der Waals surface area (Å²) in [7, 11) is 0. The molecule has 0 bridgehead atoms. The van der Waals surface area contributed by atoms with Crippen LogP contribution in [0.5, 0.6) is 0 Å². The van der Waals surface area contributed by atoms with Crippen molar-refractivity contribution < 1.29 is 8.94 Å². The van der Waals surface area contributed by atoms with Gasteiger partial charge in [0.2, 0.25) is 11.7 Å². The molecule has 2 rings (SSSR count). The van der Waals surface area contributed by atoms with Gasteiger partial charge in [-0.3, -0.25) is 0 Å². The SMILES string of the molecule is CCCNC(CC)Cc1nc(-c2ccco2)no1. The number of nitrogens with one attached hydrogen (secondary N) is 1. The van der Waals surface area contributed by atoms with Gasteiger partial charge in [0.25, 0.3) is 0 Å². The van der Waals surface area contributed by atoms with Gasteiger partial charge in [-0.2, -0.15) is 4.98 Å². The zero-order valence-corrected chi connectivity index (χ0v) is 10.8. The van der Waals surface area contributed by atoms with E-state index in [-0.39, 0.29) is 0 Å². The summed E-state index contributed by atoms with van der Waals surface area (Å²) in [4.78, 5) is 4.34. The minimum Gasteiger partial charge on any atom is -0.461 e. The quantitative estimate of drug-likeness (QED) is 0.817. The molecule has 0 saturated carbocycles. The summed E-state index contributed by atoms with van der Waals surface area (Å²) >= 11 is 0. The van der Waals surface area contributed by atoms with Crippen LogP contribution in [-0.2, 0) is 6.42 Å². The van der Waals surface area contributed by atoms with Crippen LogP contribution in [0, 0.1) is 0 Å². The molecular formula is C13H19N3O2. The average Bonchev–Trinajstić information content (AvgIpc) is 3.04. The first kappa shape index (κ1) is 12.8. The molecular weight excluding hydrogens is 230 g/mol. The van der Waals surface area contributed by atoms with E-state index >= 15 is 0 Å². The highest BCUT2D eigenvalue weighted by atomic mass is 16.5. The molecule has 0 radical (unpaired) electrons. The molecule has 0 saturated heterocycles. The molecule has 1 unspecified atom stereocenters. The van der Waals surface area contributed by atoms with Gasteiger partial charge in [0, 0.05) is 12.5 Å². The van der Waals surface area contributed by atoms with Crippen molar-refractivity contribution >= 4 is 0 Å². The molecule has 0 spiro atoms. The summed E-state index contributed by atoms with van der Waals surface area (Å²) < 4.78 is 10.5. The van der Waals surface area contributed by atoms with E-state index in [0.29, 0.717) is 23.5 Å². The maximum Gasteiger partial charge on any atom is 0.238 e. The fourth-order valence-electron chi connectivity index (χ4n) is 1.76. The topological polar surface area (TPSA) is 64.1 Å². The molecule has 0 amide bonds. The lowest BCUT2D eigenvalue weighted by Crippen LogP contribution is -2.31. The molecule has 5 nitrogen and oxygen atoms in total. The van der Waals surface area contributed by atoms with E-state index in [1.54, 1.807) is 6.26 Å². The molecule has 0 fully saturated rings. The van der Waals surface area contributed by atoms with Crippen molar-refractivity contribution in [2.75, 3.05) is 6.54 Å². The van der Waals surface area contributed by atoms with E-state index in [2.05, 4.69) is 29.3 Å². The van der Waals surface area contributed by atoms with E-state index < -0.39 is 0 Å². The third-order valence-electron chi connectivity index (χ3n) is 2.81. The summed E-state index contributed by atoms with van der Waals surface area (Å²) in [5, 5.41) is 7.38. The molecule has 98 valence electrons. The van der Waals surface area contributed by atoms with Crippen LogP contribution in [0.15, 0.2) is 27.3 Å². The Morgan fingerprint density at radius 2 is 2.28 bits per heavy atom. The van der Waals surface area contributed by atoms with Gasteiger partial charge >= 0.3 is 0 Å². The van der Waals surface area contributed by atoms with Crippen LogP contribution in [0.4, 0.5) is 0 Å². The predicted octanol–water partition coefficient (Wildman–Crippen LogP) is 2.65. The first-order valence-electron chi connectivity index (χ1n) is 6.43. The third kappa shape index (κ3) is 3.20. The van der Waals surface area contributed by atoms with Gasteiger partial charge in [-0.25, -0.2) is 0 Å². The highest BCUT2D eigenvalue weighted by Crippen LogP contribution is 2.16. The Kier molecular flexibility index (Phi) is 4.52. The van der Waals surface area contributed by atoms with Gasteiger partial charge in [0.1, 0.15) is 0 Å². The summed E-state index contributed by atoms with van der Waals surface area (Å²) in [6.07, 6.45) is 4.52. The van der Waals surface area contributed by atoms with E-state index in [1.165, 1.54) is 0 Å². The Morgan fingerprint density at radius 1 is 1.39 bits per heavy atom. The van der Waals surface area contributed by atoms with Gasteiger partial charge in [0.15, 0.2) is 5.76 Å². The van der Waals surface area contributed by atoms with Crippen LogP contribution in [0.25, 0.3) is 11.6 Å². The largest absolute Gasteiger partial charge is 0.461 e. The monoisotopic (exact) mass is 249 g/mol. The fraction of sp³-hybridized carbons (Fsp3) is 0.538. The highest BCUT2D eigenvalue weighted by molar-refractivity contribution is 5.44. The van der Waals surface area contributed by atoms with Crippen LogP contribution >= 0.6 is 0 Å². The van der Waals surface area contributed by atoms with E-state index in [0.717, 1.165) is 25.8 Å². The summed E-state index contributed by atoms with van der Waals surface area (Å²) in [5.74, 6) is 1.80. The third-order valence-corrected chi connectivity index (χ3v) is 2.81. The number of aromatic nitrogens is 2. The molecule has 2 aromatic heterocycles. The number of hydrogen-bond acceptors (Lipinski definition) is 5. The van der Waals surface area contributed by atoms with Crippen LogP contribution in [0.3, 0.4) is 0 Å². The number of hydrogen-bond donors (Lipinski definition) is 1. The van der Waals surface area contributed by atoms with Crippen molar-refractivity contribution in [3.8, 4) is 11.6 Å². The number of rotatable bonds is 7. The Balaban J connectivity index is 1.97. The highest BCUT2D eigenvalue weighted by Gasteiger charge is 2.14. The predicted molar refractivity (Wildman–Crippen MR) is 68.1 cm³/mol. The van der Waals surface area contributed by atoms with Gasteiger partial charge in [-0.15, -0.1) is 0 Å². The Labute approximate surface area is 107 Å². The molecule has 1 atom stereocenters. The van der Waals surface area contributed by atoms with Gasteiger partial charge in [0.05, 0.1) is 6.26 Å². The van der Waals surface area contributed by atoms with Crippen molar-refractivity contribution in [2.24, 2.45) is 0 Å². The molecule has 0 aromatic carbocycles. The Hall–Kier alpha value is -1.62. The van der Waals surface area contributed by atoms with Crippen LogP contribution in [0.2, 0.25) is 0 Å². The van der Waals surface area contributed by atoms with Crippen molar-refractivity contribution in [1.29, 1.82) is 0 Å². The zero-order chi connectivity index (χ0) is 12.8. The molecule has 2 heterocycles. The average molecular weight is 249 g/mol. The van der Waals surface area contributed by atoms with Crippen LogP contribution in [0.1, 0.15) is 32.6 Å². The second-order valence-corrected chi connectivity index (χ2v) is 4.25. The first-order valence-corrected chi connectivity index (χ1v) is 6.43. The lowest BCUT2D eigenvalue weighted by Gasteiger charge is -2.13. The van der Waals surface area contributed by atoms with Crippen LogP contribution in [-0.4, -0.2) is 22.7 Å². The normalized spacial score (nSPS) is 12.8. The van der Waals surface area contributed by atoms with Gasteiger partial charge < -0.3 is 14.3 Å². The smallest absolute Gasteiger partial charge is 0.238 e. The lowest BCUT2D eigenvalue weighted by atomic mass is 10.1. The van der Waals surface area contributed by atoms with Crippen LogP contribution < -0.4 is 5.32 Å². The molecule has 0 aliphatic heterocycles. The minimum absolute atomic E-state index is 0.384. The maximum atomic E-state index is 5.24. The van der Waals surface area contributed by atoms with Crippen molar-refractivity contribution in [2.45, 2.75) is 39.2 Å². The summed E-state index contributed by atoms with van der Waals surface area (Å²) in [6.45, 7) is 5.32. The molecule has 1 N–H and O–H groups in total. The Morgan fingerprint density at radius 3 is 2.94 bits per heavy atom. The molecule has 0 aliphatic carbocycles. The number of furan rings is 1. The van der Waals surface area contributed by atoms with Crippen molar-refractivity contribution in [3.05, 3.63) is 24.3 Å². The maximum absolute atomic E-state index is 5.24. The molecule has 0 aliphatic rings. The molecule has 18 heavy (non-hydrogen) atoms. The molecule has 2 aromatic rings. The number of nitrogens with zero attached hydrogens (tertiary/aromatic N) is 2. The second-order valence-electron chi connectivity index (χ2n) is 4.25. The summed E-state index contributed by atoms with van der Waals surface area (Å²) in [6, 6.07) is 4.01. The van der Waals surface area contributed by atoms with Crippen molar-refractivity contribution in [3.63, 3.8) is 0 Å². The van der Waals surface area contributed by atoms with E-state index in [9.17, 15) is 0 Å². The fourth-order valence-corrected chi connectivity index (χ4v) is 1.76. The first-order chi connectivity index (χ1) is 8.83. The van der Waals surface area contributed by atoms with E-state index in [4.69, 9.17) is 8.94 Å². The van der Waals surface area contributed by atoms with Gasteiger partial charge in [-0.05, 0) is 31.5 Å². The second kappa shape index (κ2) is 6.35. The Bertz CT molecular complexity index is 451. The standard InChI is InChI=1S/C13H19N3O2/c1-3-7-14-10(4-2)9-12-15-13(16-18-12)11-6-5-8-17-11/h5-6,8,10,14H,3-4,7,9H2,1-2H3.